The van der Waals surface area contributed by atoms with E-state index in [0.717, 1.165) is 19.4 Å². The van der Waals surface area contributed by atoms with Crippen molar-refractivity contribution >= 4 is 0 Å². The van der Waals surface area contributed by atoms with Gasteiger partial charge in [-0.25, -0.2) is 8.78 Å². The van der Waals surface area contributed by atoms with Crippen molar-refractivity contribution in [2.24, 2.45) is 0 Å². The minimum absolute atomic E-state index is 0.281. The molecule has 2 rings (SSSR count). The third-order valence-electron chi connectivity index (χ3n) is 3.25. The van der Waals surface area contributed by atoms with Gasteiger partial charge in [0.15, 0.2) is 0 Å². The average molecular weight is 225 g/mol. The van der Waals surface area contributed by atoms with E-state index in [1.54, 1.807) is 6.92 Å². The van der Waals surface area contributed by atoms with Gasteiger partial charge in [0.1, 0.15) is 11.6 Å². The summed E-state index contributed by atoms with van der Waals surface area (Å²) < 4.78 is 26.8. The second kappa shape index (κ2) is 4.91. The van der Waals surface area contributed by atoms with E-state index in [2.05, 4.69) is 5.32 Å². The van der Waals surface area contributed by atoms with Gasteiger partial charge in [0, 0.05) is 6.04 Å². The topological polar surface area (TPSA) is 12.0 Å². The van der Waals surface area contributed by atoms with Gasteiger partial charge in [-0.1, -0.05) is 0 Å². The van der Waals surface area contributed by atoms with E-state index in [-0.39, 0.29) is 11.6 Å². The Bertz CT molecular complexity index is 370. The number of hydrogen-bond donors (Lipinski definition) is 1. The molecule has 1 saturated heterocycles. The maximum absolute atomic E-state index is 13.5. The van der Waals surface area contributed by atoms with Crippen LogP contribution in [0.3, 0.4) is 0 Å². The van der Waals surface area contributed by atoms with E-state index in [4.69, 9.17) is 0 Å². The van der Waals surface area contributed by atoms with Crippen LogP contribution in [0.1, 0.15) is 30.4 Å². The van der Waals surface area contributed by atoms with Crippen LogP contribution in [-0.4, -0.2) is 12.6 Å². The van der Waals surface area contributed by atoms with Crippen molar-refractivity contribution in [1.82, 2.24) is 5.32 Å². The molecule has 1 aromatic carbocycles. The SMILES string of the molecule is Cc1cc(F)c(CCC2CCCN2)cc1F. The van der Waals surface area contributed by atoms with Crippen LogP contribution in [0, 0.1) is 18.6 Å². The lowest BCUT2D eigenvalue weighted by atomic mass is 10.0. The molecule has 1 atom stereocenters. The molecule has 1 N–H and O–H groups in total. The smallest absolute Gasteiger partial charge is 0.126 e. The van der Waals surface area contributed by atoms with Crippen molar-refractivity contribution in [3.8, 4) is 0 Å². The second-order valence-corrected chi connectivity index (χ2v) is 4.52. The summed E-state index contributed by atoms with van der Waals surface area (Å²) in [4.78, 5) is 0. The summed E-state index contributed by atoms with van der Waals surface area (Å²) in [5, 5.41) is 3.36. The predicted octanol–water partition coefficient (Wildman–Crippen LogP) is 2.96. The van der Waals surface area contributed by atoms with Gasteiger partial charge in [-0.3, -0.25) is 0 Å². The fourth-order valence-corrected chi connectivity index (χ4v) is 2.21. The molecule has 0 aliphatic carbocycles. The summed E-state index contributed by atoms with van der Waals surface area (Å²) in [6.07, 6.45) is 3.84. The fraction of sp³-hybridized carbons (Fsp3) is 0.538. The third-order valence-corrected chi connectivity index (χ3v) is 3.25. The van der Waals surface area contributed by atoms with Crippen LogP contribution in [0.4, 0.5) is 8.78 Å². The molecule has 0 aromatic heterocycles. The number of rotatable bonds is 3. The standard InChI is InChI=1S/C13H17F2N/c1-9-7-13(15)10(8-12(9)14)4-5-11-3-2-6-16-11/h7-8,11,16H,2-6H2,1H3. The van der Waals surface area contributed by atoms with E-state index in [1.807, 2.05) is 0 Å². The van der Waals surface area contributed by atoms with Crippen LogP contribution in [0.5, 0.6) is 0 Å². The molecule has 1 aliphatic rings. The van der Waals surface area contributed by atoms with Crippen LogP contribution in [0.15, 0.2) is 12.1 Å². The average Bonchev–Trinajstić information content (AvgIpc) is 2.74. The Kier molecular flexibility index (Phi) is 3.54. The van der Waals surface area contributed by atoms with Crippen LogP contribution in [-0.2, 0) is 6.42 Å². The first kappa shape index (κ1) is 11.5. The molecule has 88 valence electrons. The monoisotopic (exact) mass is 225 g/mol. The molecule has 0 amide bonds. The summed E-state index contributed by atoms with van der Waals surface area (Å²) in [6, 6.07) is 3.09. The minimum atomic E-state index is -0.309. The van der Waals surface area contributed by atoms with Gasteiger partial charge in [0.05, 0.1) is 0 Å². The highest BCUT2D eigenvalue weighted by atomic mass is 19.1. The maximum Gasteiger partial charge on any atom is 0.126 e. The fourth-order valence-electron chi connectivity index (χ4n) is 2.21. The van der Waals surface area contributed by atoms with Crippen molar-refractivity contribution in [2.75, 3.05) is 6.54 Å². The first-order valence-corrected chi connectivity index (χ1v) is 5.84. The van der Waals surface area contributed by atoms with Gasteiger partial charge in [-0.05, 0) is 62.4 Å². The normalized spacial score (nSPS) is 20.3. The summed E-state index contributed by atoms with van der Waals surface area (Å²) >= 11 is 0. The number of hydrogen-bond acceptors (Lipinski definition) is 1. The molecule has 1 fully saturated rings. The molecule has 1 aromatic rings. The quantitative estimate of drug-likeness (QED) is 0.834. The highest BCUT2D eigenvalue weighted by molar-refractivity contribution is 5.25. The minimum Gasteiger partial charge on any atom is -0.314 e. The molecular formula is C13H17F2N. The zero-order valence-electron chi connectivity index (χ0n) is 9.52. The molecule has 1 nitrogen and oxygen atoms in total. The van der Waals surface area contributed by atoms with E-state index < -0.39 is 0 Å². The van der Waals surface area contributed by atoms with Gasteiger partial charge >= 0.3 is 0 Å². The molecular weight excluding hydrogens is 208 g/mol. The summed E-state index contributed by atoms with van der Waals surface area (Å²) in [5.41, 5.74) is 0.872. The van der Waals surface area contributed by atoms with Crippen LogP contribution in [0.2, 0.25) is 0 Å². The molecule has 1 heterocycles. The van der Waals surface area contributed by atoms with Crippen LogP contribution in [0.25, 0.3) is 0 Å². The van der Waals surface area contributed by atoms with Crippen LogP contribution >= 0.6 is 0 Å². The summed E-state index contributed by atoms with van der Waals surface area (Å²) in [6.45, 7) is 2.64. The number of halogens is 2. The Morgan fingerprint density at radius 3 is 2.81 bits per heavy atom. The zero-order chi connectivity index (χ0) is 11.5. The predicted molar refractivity (Wildman–Crippen MR) is 60.4 cm³/mol. The van der Waals surface area contributed by atoms with Crippen LogP contribution < -0.4 is 5.32 Å². The van der Waals surface area contributed by atoms with Gasteiger partial charge in [-0.2, -0.15) is 0 Å². The molecule has 0 saturated carbocycles. The molecule has 1 unspecified atom stereocenters. The number of aryl methyl sites for hydroxylation is 2. The van der Waals surface area contributed by atoms with Crippen molar-refractivity contribution in [3.05, 3.63) is 34.9 Å². The van der Waals surface area contributed by atoms with Gasteiger partial charge in [0.25, 0.3) is 0 Å². The second-order valence-electron chi connectivity index (χ2n) is 4.52. The lowest BCUT2D eigenvalue weighted by molar-refractivity contribution is 0.535. The van der Waals surface area contributed by atoms with Crippen molar-refractivity contribution < 1.29 is 8.78 Å². The largest absolute Gasteiger partial charge is 0.314 e. The molecule has 1 aliphatic heterocycles. The van der Waals surface area contributed by atoms with Crippen molar-refractivity contribution in [2.45, 2.75) is 38.6 Å². The van der Waals surface area contributed by atoms with E-state index in [9.17, 15) is 8.78 Å². The van der Waals surface area contributed by atoms with E-state index >= 15 is 0 Å². The lowest BCUT2D eigenvalue weighted by Gasteiger charge is -2.10. The Morgan fingerprint density at radius 1 is 1.31 bits per heavy atom. The number of benzene rings is 1. The Morgan fingerprint density at radius 2 is 2.12 bits per heavy atom. The Balaban J connectivity index is 2.00. The molecule has 0 radical (unpaired) electrons. The highest BCUT2D eigenvalue weighted by Crippen LogP contribution is 2.18. The number of nitrogens with one attached hydrogen (secondary N) is 1. The zero-order valence-corrected chi connectivity index (χ0v) is 9.52. The van der Waals surface area contributed by atoms with Gasteiger partial charge < -0.3 is 5.32 Å². The molecule has 16 heavy (non-hydrogen) atoms. The highest BCUT2D eigenvalue weighted by Gasteiger charge is 2.15. The first-order chi connectivity index (χ1) is 7.66. The van der Waals surface area contributed by atoms with Gasteiger partial charge in [0.2, 0.25) is 0 Å². The Hall–Kier alpha value is -0.960. The summed E-state index contributed by atoms with van der Waals surface area (Å²) in [5.74, 6) is -0.590. The van der Waals surface area contributed by atoms with Gasteiger partial charge in [-0.15, -0.1) is 0 Å². The molecule has 0 bridgehead atoms. The van der Waals surface area contributed by atoms with E-state index in [1.165, 1.54) is 18.6 Å². The molecule has 0 spiro atoms. The van der Waals surface area contributed by atoms with E-state index in [0.29, 0.717) is 23.6 Å². The lowest BCUT2D eigenvalue weighted by Crippen LogP contribution is -2.21. The summed E-state index contributed by atoms with van der Waals surface area (Å²) in [7, 11) is 0. The maximum atomic E-state index is 13.5. The Labute approximate surface area is 94.9 Å². The molecule has 3 heteroatoms. The van der Waals surface area contributed by atoms with Crippen molar-refractivity contribution in [1.29, 1.82) is 0 Å². The first-order valence-electron chi connectivity index (χ1n) is 5.84. The van der Waals surface area contributed by atoms with Crippen molar-refractivity contribution in [3.63, 3.8) is 0 Å². The third kappa shape index (κ3) is 2.59.